The van der Waals surface area contributed by atoms with Gasteiger partial charge in [0, 0.05) is 25.8 Å². The molecule has 1 atom stereocenters. The molecule has 0 saturated carbocycles. The normalized spacial score (nSPS) is 20.8. The van der Waals surface area contributed by atoms with Crippen molar-refractivity contribution in [1.82, 2.24) is 4.31 Å². The summed E-state index contributed by atoms with van der Waals surface area (Å²) in [6.45, 7) is 3.86. The topological polar surface area (TPSA) is 86.8 Å². The van der Waals surface area contributed by atoms with Crippen LogP contribution in [-0.2, 0) is 25.0 Å². The molecule has 2 aliphatic heterocycles. The van der Waals surface area contributed by atoms with E-state index in [1.807, 2.05) is 0 Å². The van der Waals surface area contributed by atoms with Crippen LogP contribution in [-0.4, -0.2) is 44.7 Å². The Balaban J connectivity index is 1.56. The van der Waals surface area contributed by atoms with Gasteiger partial charge >= 0.3 is 0 Å². The molecule has 0 bridgehead atoms. The predicted octanol–water partition coefficient (Wildman–Crippen LogP) is 3.12. The molecule has 1 fully saturated rings. The van der Waals surface area contributed by atoms with Gasteiger partial charge < -0.3 is 10.2 Å². The third kappa shape index (κ3) is 3.69. The molecule has 2 aromatic carbocycles. The Hall–Kier alpha value is -2.78. The molecule has 2 heterocycles. The number of likely N-dealkylation sites (N-methyl/N-ethyl adjacent to an activating group) is 1. The van der Waals surface area contributed by atoms with Gasteiger partial charge in [0.25, 0.3) is 0 Å². The molecule has 2 aromatic rings. The highest BCUT2D eigenvalue weighted by molar-refractivity contribution is 7.89. The molecular formula is C23H26FN3O4S. The molecule has 0 spiro atoms. The van der Waals surface area contributed by atoms with Crippen molar-refractivity contribution in [2.75, 3.05) is 30.4 Å². The fraction of sp³-hybridized carbons (Fsp3) is 0.391. The number of amides is 2. The number of carbonyl (C=O) groups excluding carboxylic acids is 2. The van der Waals surface area contributed by atoms with Crippen LogP contribution in [0.15, 0.2) is 47.4 Å². The highest BCUT2D eigenvalue weighted by atomic mass is 32.2. The van der Waals surface area contributed by atoms with Gasteiger partial charge in [0.1, 0.15) is 5.82 Å². The van der Waals surface area contributed by atoms with Crippen molar-refractivity contribution in [2.24, 2.45) is 5.92 Å². The summed E-state index contributed by atoms with van der Waals surface area (Å²) < 4.78 is 41.9. The Labute approximate surface area is 187 Å². The van der Waals surface area contributed by atoms with Crippen LogP contribution in [0.2, 0.25) is 0 Å². The van der Waals surface area contributed by atoms with E-state index in [-0.39, 0.29) is 23.0 Å². The minimum atomic E-state index is -3.87. The van der Waals surface area contributed by atoms with Gasteiger partial charge in [0.2, 0.25) is 21.8 Å². The molecule has 2 amide bonds. The maximum Gasteiger partial charge on any atom is 0.243 e. The number of nitrogens with one attached hydrogen (secondary N) is 1. The summed E-state index contributed by atoms with van der Waals surface area (Å²) in [4.78, 5) is 26.9. The van der Waals surface area contributed by atoms with E-state index in [0.29, 0.717) is 30.6 Å². The average molecular weight is 460 g/mol. The van der Waals surface area contributed by atoms with Crippen molar-refractivity contribution in [2.45, 2.75) is 37.0 Å². The zero-order valence-corrected chi connectivity index (χ0v) is 19.1. The lowest BCUT2D eigenvalue weighted by Crippen LogP contribution is -2.43. The fourth-order valence-corrected chi connectivity index (χ4v) is 5.98. The standard InChI is InChI=1S/C23H26FN3O4S/c1-23(2)17-13-16(10-11-20(17)26(3)22(23)29)32(30,31)27-12-6-7-15(14-27)21(28)25-19-9-5-4-8-18(19)24/h4-5,8-11,13,15H,6-7,12,14H2,1-3H3,(H,25,28)/t15-/m1/s1. The van der Waals surface area contributed by atoms with Crippen molar-refractivity contribution >= 4 is 33.2 Å². The number of nitrogens with zero attached hydrogens (tertiary/aromatic N) is 2. The van der Waals surface area contributed by atoms with Crippen LogP contribution in [0.5, 0.6) is 0 Å². The summed E-state index contributed by atoms with van der Waals surface area (Å²) in [6.07, 6.45) is 1.04. The molecule has 170 valence electrons. The number of sulfonamides is 1. The summed E-state index contributed by atoms with van der Waals surface area (Å²) in [5, 5.41) is 2.57. The third-order valence-corrected chi connectivity index (χ3v) is 8.23. The molecule has 0 radical (unpaired) electrons. The zero-order valence-electron chi connectivity index (χ0n) is 18.3. The highest BCUT2D eigenvalue weighted by Gasteiger charge is 2.43. The monoisotopic (exact) mass is 459 g/mol. The van der Waals surface area contributed by atoms with Crippen molar-refractivity contribution in [3.05, 3.63) is 53.8 Å². The average Bonchev–Trinajstić information content (AvgIpc) is 2.95. The minimum Gasteiger partial charge on any atom is -0.323 e. The SMILES string of the molecule is CN1C(=O)C(C)(C)c2cc(S(=O)(=O)N3CCC[C@@H](C(=O)Nc4ccccc4F)C3)ccc21. The fourth-order valence-electron chi connectivity index (χ4n) is 4.43. The van der Waals surface area contributed by atoms with Gasteiger partial charge in [-0.2, -0.15) is 4.31 Å². The van der Waals surface area contributed by atoms with Gasteiger partial charge in [-0.3, -0.25) is 9.59 Å². The Morgan fingerprint density at radius 2 is 1.91 bits per heavy atom. The van der Waals surface area contributed by atoms with E-state index in [9.17, 15) is 22.4 Å². The number of para-hydroxylation sites is 1. The first kappa shape index (κ1) is 22.4. The Morgan fingerprint density at radius 1 is 1.19 bits per heavy atom. The smallest absolute Gasteiger partial charge is 0.243 e. The molecule has 0 aliphatic carbocycles. The molecule has 7 nitrogen and oxygen atoms in total. The molecule has 4 rings (SSSR count). The summed E-state index contributed by atoms with van der Waals surface area (Å²) in [6, 6.07) is 10.6. The summed E-state index contributed by atoms with van der Waals surface area (Å²) in [5.74, 6) is -1.62. The molecule has 1 N–H and O–H groups in total. The number of hydrogen-bond acceptors (Lipinski definition) is 4. The van der Waals surface area contributed by atoms with Gasteiger partial charge in [-0.1, -0.05) is 12.1 Å². The molecule has 0 unspecified atom stereocenters. The molecule has 1 saturated heterocycles. The number of benzene rings is 2. The number of hydrogen-bond donors (Lipinski definition) is 1. The lowest BCUT2D eigenvalue weighted by atomic mass is 9.86. The molecule has 0 aromatic heterocycles. The summed E-state index contributed by atoms with van der Waals surface area (Å²) >= 11 is 0. The first-order chi connectivity index (χ1) is 15.0. The number of rotatable bonds is 4. The molecule has 9 heteroatoms. The summed E-state index contributed by atoms with van der Waals surface area (Å²) in [7, 11) is -2.19. The highest BCUT2D eigenvalue weighted by Crippen LogP contribution is 2.42. The van der Waals surface area contributed by atoms with E-state index in [0.717, 1.165) is 0 Å². The van der Waals surface area contributed by atoms with E-state index in [1.54, 1.807) is 39.1 Å². The first-order valence-corrected chi connectivity index (χ1v) is 12.0. The van der Waals surface area contributed by atoms with Gasteiger partial charge in [-0.25, -0.2) is 12.8 Å². The maximum absolute atomic E-state index is 13.9. The minimum absolute atomic E-state index is 0.0158. The van der Waals surface area contributed by atoms with Crippen LogP contribution >= 0.6 is 0 Å². The Morgan fingerprint density at radius 3 is 2.62 bits per heavy atom. The van der Waals surface area contributed by atoms with Crippen LogP contribution in [0.4, 0.5) is 15.8 Å². The van der Waals surface area contributed by atoms with E-state index in [4.69, 9.17) is 0 Å². The lowest BCUT2D eigenvalue weighted by Gasteiger charge is -2.31. The Kier molecular flexibility index (Phi) is 5.58. The van der Waals surface area contributed by atoms with Gasteiger partial charge in [-0.05, 0) is 62.6 Å². The van der Waals surface area contributed by atoms with Gasteiger partial charge in [-0.15, -0.1) is 0 Å². The molecule has 2 aliphatic rings. The number of piperidine rings is 1. The maximum atomic E-state index is 13.9. The van der Waals surface area contributed by atoms with E-state index < -0.39 is 33.1 Å². The molecule has 32 heavy (non-hydrogen) atoms. The van der Waals surface area contributed by atoms with Crippen LogP contribution in [0.3, 0.4) is 0 Å². The quantitative estimate of drug-likeness (QED) is 0.761. The predicted molar refractivity (Wildman–Crippen MR) is 119 cm³/mol. The third-order valence-electron chi connectivity index (χ3n) is 6.37. The second-order valence-corrected chi connectivity index (χ2v) is 10.8. The van der Waals surface area contributed by atoms with E-state index in [1.165, 1.54) is 33.5 Å². The lowest BCUT2D eigenvalue weighted by molar-refractivity contribution is -0.122. The second-order valence-electron chi connectivity index (χ2n) is 8.84. The van der Waals surface area contributed by atoms with Crippen LogP contribution in [0.25, 0.3) is 0 Å². The van der Waals surface area contributed by atoms with E-state index >= 15 is 0 Å². The van der Waals surface area contributed by atoms with Crippen molar-refractivity contribution in [1.29, 1.82) is 0 Å². The van der Waals surface area contributed by atoms with Crippen molar-refractivity contribution < 1.29 is 22.4 Å². The first-order valence-electron chi connectivity index (χ1n) is 10.5. The largest absolute Gasteiger partial charge is 0.323 e. The van der Waals surface area contributed by atoms with Crippen LogP contribution in [0, 0.1) is 11.7 Å². The number of anilines is 2. The number of carbonyl (C=O) groups is 2. The number of fused-ring (bicyclic) bond motifs is 1. The van der Waals surface area contributed by atoms with Crippen LogP contribution < -0.4 is 10.2 Å². The second kappa shape index (κ2) is 7.97. The van der Waals surface area contributed by atoms with Crippen molar-refractivity contribution in [3.63, 3.8) is 0 Å². The van der Waals surface area contributed by atoms with E-state index in [2.05, 4.69) is 5.32 Å². The van der Waals surface area contributed by atoms with Crippen LogP contribution in [0.1, 0.15) is 32.3 Å². The van der Waals surface area contributed by atoms with Crippen molar-refractivity contribution in [3.8, 4) is 0 Å². The zero-order chi connectivity index (χ0) is 23.3. The number of halogens is 1. The summed E-state index contributed by atoms with van der Waals surface area (Å²) in [5.41, 5.74) is 0.614. The van der Waals surface area contributed by atoms with Gasteiger partial charge in [0.15, 0.2) is 0 Å². The van der Waals surface area contributed by atoms with Gasteiger partial charge in [0.05, 0.1) is 21.9 Å². The Bertz CT molecular complexity index is 1200. The molecular weight excluding hydrogens is 433 g/mol.